The number of carbonyl (C=O) groups is 1. The van der Waals surface area contributed by atoms with Crippen LogP contribution in [0.25, 0.3) is 0 Å². The Morgan fingerprint density at radius 2 is 2.11 bits per heavy atom. The van der Waals surface area contributed by atoms with E-state index >= 15 is 0 Å². The molecular weight excluding hydrogens is 249 g/mol. The molecule has 1 rings (SSSR count). The summed E-state index contributed by atoms with van der Waals surface area (Å²) in [5, 5.41) is 2.14. The molecule has 1 aromatic rings. The molecule has 0 radical (unpaired) electrons. The summed E-state index contributed by atoms with van der Waals surface area (Å²) in [6.07, 6.45) is -3.03. The molecule has 0 saturated heterocycles. The van der Waals surface area contributed by atoms with Gasteiger partial charge >= 0.3 is 12.1 Å². The van der Waals surface area contributed by atoms with Crippen LogP contribution >= 0.6 is 0 Å². The number of aromatic nitrogens is 1. The van der Waals surface area contributed by atoms with Crippen LogP contribution in [0.5, 0.6) is 0 Å². The lowest BCUT2D eigenvalue weighted by molar-refractivity contribution is -0.153. The first-order valence-corrected chi connectivity index (χ1v) is 5.11. The molecule has 1 aromatic heterocycles. The molecule has 0 aliphatic carbocycles. The maximum absolute atomic E-state index is 12.2. The quantitative estimate of drug-likeness (QED) is 0.838. The lowest BCUT2D eigenvalue weighted by Gasteiger charge is -2.27. The number of rotatable bonds is 4. The molecule has 1 unspecified atom stereocenters. The zero-order valence-electron chi connectivity index (χ0n) is 9.91. The van der Waals surface area contributed by atoms with Gasteiger partial charge in [-0.3, -0.25) is 10.3 Å². The van der Waals surface area contributed by atoms with Crippen LogP contribution in [0.2, 0.25) is 0 Å². The van der Waals surface area contributed by atoms with Crippen LogP contribution in [-0.2, 0) is 15.1 Å². The molecular formula is C11H13F3N2O2. The van der Waals surface area contributed by atoms with Crippen molar-refractivity contribution in [1.29, 1.82) is 0 Å². The minimum Gasteiger partial charge on any atom is -0.467 e. The Labute approximate surface area is 102 Å². The van der Waals surface area contributed by atoms with Crippen LogP contribution in [0.1, 0.15) is 12.6 Å². The first kappa shape index (κ1) is 14.4. The number of nitrogens with one attached hydrogen (secondary N) is 1. The number of hydrogen-bond acceptors (Lipinski definition) is 4. The van der Waals surface area contributed by atoms with E-state index in [1.165, 1.54) is 19.2 Å². The maximum atomic E-state index is 12.2. The average Bonchev–Trinajstić information content (AvgIpc) is 2.35. The molecule has 0 aliphatic rings. The lowest BCUT2D eigenvalue weighted by atomic mass is 9.97. The van der Waals surface area contributed by atoms with Crippen molar-refractivity contribution >= 4 is 5.97 Å². The fourth-order valence-corrected chi connectivity index (χ4v) is 1.41. The van der Waals surface area contributed by atoms with Crippen LogP contribution < -0.4 is 5.32 Å². The third kappa shape index (κ3) is 3.43. The van der Waals surface area contributed by atoms with Crippen molar-refractivity contribution in [3.05, 3.63) is 30.1 Å². The van der Waals surface area contributed by atoms with Gasteiger partial charge in [-0.2, -0.15) is 13.2 Å². The highest BCUT2D eigenvalue weighted by atomic mass is 19.4. The molecule has 0 aromatic carbocycles. The first-order chi connectivity index (χ1) is 8.29. The van der Waals surface area contributed by atoms with E-state index in [-0.39, 0.29) is 5.69 Å². The third-order valence-corrected chi connectivity index (χ3v) is 2.41. The number of pyridine rings is 1. The molecule has 7 heteroatoms. The number of esters is 1. The van der Waals surface area contributed by atoms with Crippen molar-refractivity contribution < 1.29 is 22.7 Å². The smallest absolute Gasteiger partial charge is 0.401 e. The van der Waals surface area contributed by atoms with Crippen LogP contribution in [0, 0.1) is 0 Å². The molecule has 0 spiro atoms. The number of ether oxygens (including phenoxy) is 1. The topological polar surface area (TPSA) is 51.2 Å². The molecule has 0 amide bonds. The van der Waals surface area contributed by atoms with Crippen LogP contribution in [0.3, 0.4) is 0 Å². The first-order valence-electron chi connectivity index (χ1n) is 5.11. The highest BCUT2D eigenvalue weighted by Crippen LogP contribution is 2.22. The molecule has 1 N–H and O–H groups in total. The minimum atomic E-state index is -4.43. The third-order valence-electron chi connectivity index (χ3n) is 2.41. The van der Waals surface area contributed by atoms with Crippen molar-refractivity contribution in [3.63, 3.8) is 0 Å². The Balaban J connectivity index is 3.00. The van der Waals surface area contributed by atoms with Gasteiger partial charge in [-0.25, -0.2) is 4.79 Å². The summed E-state index contributed by atoms with van der Waals surface area (Å²) in [7, 11) is 1.11. The van der Waals surface area contributed by atoms with Gasteiger partial charge in [0.25, 0.3) is 0 Å². The average molecular weight is 262 g/mol. The van der Waals surface area contributed by atoms with E-state index in [0.29, 0.717) is 0 Å². The largest absolute Gasteiger partial charge is 0.467 e. The molecule has 18 heavy (non-hydrogen) atoms. The monoisotopic (exact) mass is 262 g/mol. The van der Waals surface area contributed by atoms with E-state index in [1.54, 1.807) is 12.1 Å². The lowest BCUT2D eigenvalue weighted by Crippen LogP contribution is -2.51. The fraction of sp³-hybridized carbons (Fsp3) is 0.455. The summed E-state index contributed by atoms with van der Waals surface area (Å²) in [4.78, 5) is 15.5. The van der Waals surface area contributed by atoms with Crippen molar-refractivity contribution in [1.82, 2.24) is 10.3 Å². The molecule has 1 atom stereocenters. The Morgan fingerprint density at radius 3 is 2.56 bits per heavy atom. The minimum absolute atomic E-state index is 0.168. The van der Waals surface area contributed by atoms with Gasteiger partial charge in [0, 0.05) is 6.20 Å². The van der Waals surface area contributed by atoms with Crippen molar-refractivity contribution in [2.75, 3.05) is 13.7 Å². The molecule has 4 nitrogen and oxygen atoms in total. The SMILES string of the molecule is COC(=O)C(C)(NCC(F)(F)F)c1ccccn1. The molecule has 0 fully saturated rings. The van der Waals surface area contributed by atoms with Gasteiger partial charge in [0.2, 0.25) is 0 Å². The highest BCUT2D eigenvalue weighted by Gasteiger charge is 2.41. The standard InChI is InChI=1S/C11H13F3N2O2/c1-10(9(17)18-2,16-7-11(12,13)14)8-5-3-4-6-15-8/h3-6,16H,7H2,1-2H3. The normalized spacial score (nSPS) is 14.9. The van der Waals surface area contributed by atoms with E-state index in [2.05, 4.69) is 15.0 Å². The second-order valence-corrected chi connectivity index (χ2v) is 3.80. The summed E-state index contributed by atoms with van der Waals surface area (Å²) in [5.74, 6) is -0.828. The van der Waals surface area contributed by atoms with Gasteiger partial charge in [-0.05, 0) is 19.1 Å². The summed E-state index contributed by atoms with van der Waals surface area (Å²) in [6, 6.07) is 4.64. The van der Waals surface area contributed by atoms with Crippen molar-refractivity contribution in [2.24, 2.45) is 0 Å². The maximum Gasteiger partial charge on any atom is 0.401 e. The van der Waals surface area contributed by atoms with Crippen molar-refractivity contribution in [2.45, 2.75) is 18.6 Å². The van der Waals surface area contributed by atoms with Gasteiger partial charge in [0.1, 0.15) is 0 Å². The van der Waals surface area contributed by atoms with Gasteiger partial charge in [0.05, 0.1) is 19.3 Å². The molecule has 100 valence electrons. The molecule has 1 heterocycles. The zero-order chi connectivity index (χ0) is 13.8. The zero-order valence-corrected chi connectivity index (χ0v) is 9.91. The van der Waals surface area contributed by atoms with Crippen LogP contribution in [0.4, 0.5) is 13.2 Å². The fourth-order valence-electron chi connectivity index (χ4n) is 1.41. The predicted octanol–water partition coefficient (Wildman–Crippen LogP) is 1.62. The predicted molar refractivity (Wildman–Crippen MR) is 57.7 cm³/mol. The van der Waals surface area contributed by atoms with Gasteiger partial charge in [-0.15, -0.1) is 0 Å². The highest BCUT2D eigenvalue weighted by molar-refractivity contribution is 5.81. The summed E-state index contributed by atoms with van der Waals surface area (Å²) in [5.41, 5.74) is -1.47. The van der Waals surface area contributed by atoms with E-state index in [9.17, 15) is 18.0 Å². The summed E-state index contributed by atoms with van der Waals surface area (Å²) >= 11 is 0. The van der Waals surface area contributed by atoms with E-state index in [4.69, 9.17) is 0 Å². The summed E-state index contributed by atoms with van der Waals surface area (Å²) in [6.45, 7) is -0.0118. The van der Waals surface area contributed by atoms with Gasteiger partial charge in [-0.1, -0.05) is 6.07 Å². The van der Waals surface area contributed by atoms with E-state index in [0.717, 1.165) is 7.11 Å². The van der Waals surface area contributed by atoms with E-state index in [1.807, 2.05) is 0 Å². The second kappa shape index (κ2) is 5.34. The van der Waals surface area contributed by atoms with Crippen molar-refractivity contribution in [3.8, 4) is 0 Å². The van der Waals surface area contributed by atoms with Crippen LogP contribution in [0.15, 0.2) is 24.4 Å². The summed E-state index contributed by atoms with van der Waals surface area (Å²) < 4.78 is 41.2. The van der Waals surface area contributed by atoms with Gasteiger partial charge in [0.15, 0.2) is 5.54 Å². The number of nitrogens with zero attached hydrogens (tertiary/aromatic N) is 1. The Bertz CT molecular complexity index is 408. The van der Waals surface area contributed by atoms with Gasteiger partial charge < -0.3 is 4.74 Å². The number of carbonyl (C=O) groups excluding carboxylic acids is 1. The molecule has 0 aliphatic heterocycles. The Hall–Kier alpha value is -1.63. The second-order valence-electron chi connectivity index (χ2n) is 3.80. The number of alkyl halides is 3. The molecule has 0 bridgehead atoms. The number of halogens is 3. The number of methoxy groups -OCH3 is 1. The Morgan fingerprint density at radius 1 is 1.44 bits per heavy atom. The Kier molecular flexibility index (Phi) is 4.28. The number of hydrogen-bond donors (Lipinski definition) is 1. The van der Waals surface area contributed by atoms with E-state index < -0.39 is 24.2 Å². The molecule has 0 saturated carbocycles. The van der Waals surface area contributed by atoms with Crippen LogP contribution in [-0.4, -0.2) is 30.8 Å².